The predicted octanol–water partition coefficient (Wildman–Crippen LogP) is 4.31. The molecule has 2 nitrogen and oxygen atoms in total. The van der Waals surface area contributed by atoms with Crippen LogP contribution in [-0.4, -0.2) is 31.1 Å². The molecule has 0 bridgehead atoms. The van der Waals surface area contributed by atoms with Gasteiger partial charge in [-0.05, 0) is 79.4 Å². The minimum atomic E-state index is 0.820. The maximum absolute atomic E-state index is 6.13. The molecule has 0 aromatic heterocycles. The molecule has 0 spiro atoms. The molecule has 1 fully saturated rings. The maximum Gasteiger partial charge on any atom is 0.0499 e. The second-order valence-electron chi connectivity index (χ2n) is 4.91. The Balaban J connectivity index is 1.77. The molecule has 1 aliphatic heterocycles. The molecular formula is C14H20BrClN2. The van der Waals surface area contributed by atoms with E-state index in [0.717, 1.165) is 27.3 Å². The van der Waals surface area contributed by atoms with Crippen molar-refractivity contribution in [3.8, 4) is 0 Å². The number of benzene rings is 1. The number of likely N-dealkylation sites (tertiary alicyclic amines) is 1. The first kappa shape index (κ1) is 14.2. The molecule has 1 aromatic rings. The summed E-state index contributed by atoms with van der Waals surface area (Å²) in [6.07, 6.45) is 3.91. The number of anilines is 1. The van der Waals surface area contributed by atoms with E-state index in [0.29, 0.717) is 0 Å². The highest BCUT2D eigenvalue weighted by atomic mass is 79.9. The molecule has 1 N–H and O–H groups in total. The molecule has 18 heavy (non-hydrogen) atoms. The lowest BCUT2D eigenvalue weighted by atomic mass is 10.2. The van der Waals surface area contributed by atoms with Gasteiger partial charge in [0.2, 0.25) is 0 Å². The van der Waals surface area contributed by atoms with Crippen LogP contribution in [0.15, 0.2) is 16.6 Å². The molecule has 0 radical (unpaired) electrons. The molecule has 4 heteroatoms. The van der Waals surface area contributed by atoms with Crippen LogP contribution in [0.4, 0.5) is 5.69 Å². The van der Waals surface area contributed by atoms with Crippen LogP contribution in [-0.2, 0) is 0 Å². The molecule has 1 aromatic carbocycles. The van der Waals surface area contributed by atoms with Crippen LogP contribution in [0.5, 0.6) is 0 Å². The van der Waals surface area contributed by atoms with Crippen molar-refractivity contribution in [2.75, 3.05) is 31.5 Å². The van der Waals surface area contributed by atoms with E-state index in [2.05, 4.69) is 32.2 Å². The third-order valence-electron chi connectivity index (χ3n) is 3.41. The Morgan fingerprint density at radius 1 is 1.33 bits per heavy atom. The maximum atomic E-state index is 6.13. The molecule has 1 aliphatic rings. The van der Waals surface area contributed by atoms with E-state index >= 15 is 0 Å². The van der Waals surface area contributed by atoms with Crippen LogP contribution in [0.1, 0.15) is 24.8 Å². The Morgan fingerprint density at radius 2 is 2.06 bits per heavy atom. The third kappa shape index (κ3) is 3.87. The van der Waals surface area contributed by atoms with Gasteiger partial charge in [0.1, 0.15) is 0 Å². The second kappa shape index (κ2) is 6.78. The summed E-state index contributed by atoms with van der Waals surface area (Å²) in [6.45, 7) is 6.77. The van der Waals surface area contributed by atoms with E-state index in [9.17, 15) is 0 Å². The van der Waals surface area contributed by atoms with Gasteiger partial charge in [0.15, 0.2) is 0 Å². The first-order valence-electron chi connectivity index (χ1n) is 6.58. The van der Waals surface area contributed by atoms with Gasteiger partial charge in [-0.3, -0.25) is 0 Å². The summed E-state index contributed by atoms with van der Waals surface area (Å²) >= 11 is 9.70. The summed E-state index contributed by atoms with van der Waals surface area (Å²) in [7, 11) is 0. The highest BCUT2D eigenvalue weighted by Crippen LogP contribution is 2.29. The summed E-state index contributed by atoms with van der Waals surface area (Å²) in [6, 6.07) is 4.06. The molecular weight excluding hydrogens is 312 g/mol. The molecule has 1 saturated heterocycles. The third-order valence-corrected chi connectivity index (χ3v) is 4.48. The van der Waals surface area contributed by atoms with Gasteiger partial charge in [-0.2, -0.15) is 0 Å². The van der Waals surface area contributed by atoms with Crippen LogP contribution >= 0.6 is 27.5 Å². The number of rotatable bonds is 5. The Hall–Kier alpha value is -0.250. The number of hydrogen-bond donors (Lipinski definition) is 1. The lowest BCUT2D eigenvalue weighted by Crippen LogP contribution is -2.22. The minimum Gasteiger partial charge on any atom is -0.384 e. The fourth-order valence-corrected chi connectivity index (χ4v) is 3.08. The number of nitrogens with one attached hydrogen (secondary N) is 1. The monoisotopic (exact) mass is 330 g/mol. The molecule has 2 rings (SSSR count). The fraction of sp³-hybridized carbons (Fsp3) is 0.571. The van der Waals surface area contributed by atoms with Crippen LogP contribution in [0, 0.1) is 6.92 Å². The van der Waals surface area contributed by atoms with Crippen molar-refractivity contribution in [2.45, 2.75) is 26.2 Å². The van der Waals surface area contributed by atoms with E-state index in [1.807, 2.05) is 13.0 Å². The Bertz CT molecular complexity index is 403. The fourth-order valence-electron chi connectivity index (χ4n) is 2.31. The standard InChI is InChI=1S/C14H20BrClN2/c1-11-9-12(15)14(10-13(11)16)17-5-4-8-18-6-2-3-7-18/h9-10,17H,2-8H2,1H3. The average Bonchev–Trinajstić information content (AvgIpc) is 2.84. The van der Waals surface area contributed by atoms with Gasteiger partial charge in [0.05, 0.1) is 0 Å². The summed E-state index contributed by atoms with van der Waals surface area (Å²) in [5.74, 6) is 0. The van der Waals surface area contributed by atoms with Gasteiger partial charge in [-0.25, -0.2) is 0 Å². The van der Waals surface area contributed by atoms with Crippen molar-refractivity contribution in [3.63, 3.8) is 0 Å². The van der Waals surface area contributed by atoms with E-state index in [1.54, 1.807) is 0 Å². The minimum absolute atomic E-state index is 0.820. The van der Waals surface area contributed by atoms with Crippen LogP contribution in [0.25, 0.3) is 0 Å². The first-order chi connectivity index (χ1) is 8.66. The first-order valence-corrected chi connectivity index (χ1v) is 7.76. The molecule has 100 valence electrons. The SMILES string of the molecule is Cc1cc(Br)c(NCCCN2CCCC2)cc1Cl. The zero-order valence-corrected chi connectivity index (χ0v) is 13.1. The van der Waals surface area contributed by atoms with Crippen LogP contribution in [0.3, 0.4) is 0 Å². The smallest absolute Gasteiger partial charge is 0.0499 e. The predicted molar refractivity (Wildman–Crippen MR) is 82.7 cm³/mol. The van der Waals surface area contributed by atoms with Gasteiger partial charge < -0.3 is 10.2 Å². The lowest BCUT2D eigenvalue weighted by molar-refractivity contribution is 0.337. The molecule has 0 saturated carbocycles. The van der Waals surface area contributed by atoms with Crippen LogP contribution < -0.4 is 5.32 Å². The van der Waals surface area contributed by atoms with Gasteiger partial charge >= 0.3 is 0 Å². The van der Waals surface area contributed by atoms with E-state index < -0.39 is 0 Å². The molecule has 0 unspecified atom stereocenters. The van der Waals surface area contributed by atoms with Gasteiger partial charge in [0.25, 0.3) is 0 Å². The second-order valence-corrected chi connectivity index (χ2v) is 6.17. The highest BCUT2D eigenvalue weighted by molar-refractivity contribution is 9.10. The van der Waals surface area contributed by atoms with E-state index in [-0.39, 0.29) is 0 Å². The van der Waals surface area contributed by atoms with Crippen molar-refractivity contribution in [3.05, 3.63) is 27.2 Å². The molecule has 0 atom stereocenters. The summed E-state index contributed by atoms with van der Waals surface area (Å²) in [4.78, 5) is 2.54. The summed E-state index contributed by atoms with van der Waals surface area (Å²) in [5.41, 5.74) is 2.19. The normalized spacial score (nSPS) is 16.2. The zero-order valence-electron chi connectivity index (χ0n) is 10.8. The van der Waals surface area contributed by atoms with Crippen molar-refractivity contribution in [1.82, 2.24) is 4.90 Å². The Morgan fingerprint density at radius 3 is 2.78 bits per heavy atom. The molecule has 0 aliphatic carbocycles. The largest absolute Gasteiger partial charge is 0.384 e. The highest BCUT2D eigenvalue weighted by Gasteiger charge is 2.10. The number of halogens is 2. The summed E-state index contributed by atoms with van der Waals surface area (Å²) < 4.78 is 1.09. The van der Waals surface area contributed by atoms with E-state index in [1.165, 1.54) is 38.9 Å². The lowest BCUT2D eigenvalue weighted by Gasteiger charge is -2.15. The number of aryl methyl sites for hydroxylation is 1. The number of nitrogens with zero attached hydrogens (tertiary/aromatic N) is 1. The van der Waals surface area contributed by atoms with Crippen molar-refractivity contribution < 1.29 is 0 Å². The van der Waals surface area contributed by atoms with E-state index in [4.69, 9.17) is 11.6 Å². The Labute approximate surface area is 123 Å². The zero-order chi connectivity index (χ0) is 13.0. The molecule has 1 heterocycles. The Kier molecular flexibility index (Phi) is 5.34. The van der Waals surface area contributed by atoms with Crippen molar-refractivity contribution in [2.24, 2.45) is 0 Å². The van der Waals surface area contributed by atoms with Gasteiger partial charge in [-0.1, -0.05) is 11.6 Å². The average molecular weight is 332 g/mol. The van der Waals surface area contributed by atoms with Crippen LogP contribution in [0.2, 0.25) is 5.02 Å². The quantitative estimate of drug-likeness (QED) is 0.809. The topological polar surface area (TPSA) is 15.3 Å². The van der Waals surface area contributed by atoms with Crippen molar-refractivity contribution >= 4 is 33.2 Å². The van der Waals surface area contributed by atoms with Gasteiger partial charge in [-0.15, -0.1) is 0 Å². The summed E-state index contributed by atoms with van der Waals surface area (Å²) in [5, 5.41) is 4.27. The molecule has 0 amide bonds. The van der Waals surface area contributed by atoms with Gasteiger partial charge in [0, 0.05) is 21.7 Å². The number of hydrogen-bond acceptors (Lipinski definition) is 2. The van der Waals surface area contributed by atoms with Crippen molar-refractivity contribution in [1.29, 1.82) is 0 Å².